The second-order valence-electron chi connectivity index (χ2n) is 1.23. The van der Waals surface area contributed by atoms with Crippen molar-refractivity contribution in [3.05, 3.63) is 11.6 Å². The Bertz CT molecular complexity index is 256. The van der Waals surface area contributed by atoms with Gasteiger partial charge in [-0.3, -0.25) is 0 Å². The zero-order valence-corrected chi connectivity index (χ0v) is 4.29. The van der Waals surface area contributed by atoms with Crippen molar-refractivity contribution >= 4 is 0 Å². The van der Waals surface area contributed by atoms with Crippen LogP contribution in [0.5, 0.6) is 0 Å². The minimum Gasteiger partial charge on any atom is -0.249 e. The monoisotopic (exact) mass is 119 g/mol. The van der Waals surface area contributed by atoms with E-state index in [1.807, 2.05) is 0 Å². The van der Waals surface area contributed by atoms with E-state index >= 15 is 0 Å². The van der Waals surface area contributed by atoms with Gasteiger partial charge in [-0.1, -0.05) is 0 Å². The van der Waals surface area contributed by atoms with Crippen LogP contribution >= 0.6 is 0 Å². The van der Waals surface area contributed by atoms with Crippen LogP contribution in [0.2, 0.25) is 0 Å². The lowest BCUT2D eigenvalue weighted by atomic mass is 10.7. The summed E-state index contributed by atoms with van der Waals surface area (Å²) in [5, 5.41) is 21.9. The topological polar surface area (TPSA) is 89.1 Å². The fourth-order valence-corrected chi connectivity index (χ4v) is 0.362. The Morgan fingerprint density at radius 2 is 2.11 bits per heavy atom. The van der Waals surface area contributed by atoms with Gasteiger partial charge < -0.3 is 0 Å². The van der Waals surface area contributed by atoms with Crippen molar-refractivity contribution in [3.8, 4) is 12.1 Å². The van der Waals surface area contributed by atoms with Gasteiger partial charge in [0.1, 0.15) is 12.1 Å². The molecule has 0 aliphatic carbocycles. The molecule has 1 rings (SSSR count). The van der Waals surface area contributed by atoms with Gasteiger partial charge in [-0.2, -0.15) is 15.5 Å². The van der Waals surface area contributed by atoms with Crippen LogP contribution in [0.4, 0.5) is 0 Å². The molecule has 0 atom stereocenters. The van der Waals surface area contributed by atoms with Crippen molar-refractivity contribution in [1.82, 2.24) is 15.2 Å². The molecule has 5 nitrogen and oxygen atoms in total. The minimum absolute atomic E-state index is 0.00782. The Labute approximate surface area is 50.6 Å². The lowest BCUT2D eigenvalue weighted by Crippen LogP contribution is -1.74. The maximum absolute atomic E-state index is 8.15. The number of hydrogen-bond acceptors (Lipinski definition) is 4. The highest BCUT2D eigenvalue weighted by molar-refractivity contribution is 5.15. The molecule has 0 saturated carbocycles. The van der Waals surface area contributed by atoms with Crippen molar-refractivity contribution in [2.24, 2.45) is 0 Å². The average Bonchev–Trinajstić information content (AvgIpc) is 2.34. The van der Waals surface area contributed by atoms with Crippen LogP contribution in [0.3, 0.4) is 0 Å². The second-order valence-corrected chi connectivity index (χ2v) is 1.23. The number of nitriles is 2. The zero-order chi connectivity index (χ0) is 6.69. The Morgan fingerprint density at radius 3 is 2.44 bits per heavy atom. The molecule has 0 fully saturated rings. The Morgan fingerprint density at radius 1 is 1.33 bits per heavy atom. The molecule has 0 unspecified atom stereocenters. The third-order valence-corrected chi connectivity index (χ3v) is 0.691. The molecule has 0 amide bonds. The first-order chi connectivity index (χ1) is 4.36. The SMILES string of the molecule is N#Cc1n[nH]c(C#N)n1. The summed E-state index contributed by atoms with van der Waals surface area (Å²) < 4.78 is 0. The fourth-order valence-electron chi connectivity index (χ4n) is 0.362. The van der Waals surface area contributed by atoms with Crippen molar-refractivity contribution in [2.45, 2.75) is 0 Å². The highest BCUT2D eigenvalue weighted by Crippen LogP contribution is 1.85. The first kappa shape index (κ1) is 5.26. The average molecular weight is 119 g/mol. The molecule has 0 aliphatic heterocycles. The molecule has 0 spiro atoms. The molecule has 42 valence electrons. The predicted molar refractivity (Wildman–Crippen MR) is 25.8 cm³/mol. The third kappa shape index (κ3) is 0.840. The second kappa shape index (κ2) is 1.93. The van der Waals surface area contributed by atoms with Crippen LogP contribution in [0.15, 0.2) is 0 Å². The summed E-state index contributed by atoms with van der Waals surface area (Å²) in [4.78, 5) is 3.46. The number of aromatic nitrogens is 3. The molecular weight excluding hydrogens is 118 g/mol. The molecular formula is C4HN5. The molecule has 0 saturated heterocycles. The van der Waals surface area contributed by atoms with Gasteiger partial charge in [0.25, 0.3) is 5.82 Å². The highest BCUT2D eigenvalue weighted by atomic mass is 15.2. The smallest absolute Gasteiger partial charge is 0.249 e. The van der Waals surface area contributed by atoms with E-state index in [0.717, 1.165) is 0 Å². The lowest BCUT2D eigenvalue weighted by Gasteiger charge is -1.63. The van der Waals surface area contributed by atoms with E-state index in [1.165, 1.54) is 0 Å². The third-order valence-electron chi connectivity index (χ3n) is 0.691. The van der Waals surface area contributed by atoms with Crippen LogP contribution in [0.1, 0.15) is 11.6 Å². The maximum Gasteiger partial charge on any atom is 0.253 e. The molecule has 1 N–H and O–H groups in total. The van der Waals surface area contributed by atoms with Crippen molar-refractivity contribution in [2.75, 3.05) is 0 Å². The molecule has 5 heteroatoms. The summed E-state index contributed by atoms with van der Waals surface area (Å²) >= 11 is 0. The van der Waals surface area contributed by atoms with Crippen molar-refractivity contribution in [1.29, 1.82) is 10.5 Å². The summed E-state index contributed by atoms with van der Waals surface area (Å²) in [5.41, 5.74) is 0. The van der Waals surface area contributed by atoms with E-state index in [-0.39, 0.29) is 11.6 Å². The van der Waals surface area contributed by atoms with Gasteiger partial charge in [0.15, 0.2) is 0 Å². The first-order valence-electron chi connectivity index (χ1n) is 2.09. The van der Waals surface area contributed by atoms with Crippen LogP contribution in [0.25, 0.3) is 0 Å². The summed E-state index contributed by atoms with van der Waals surface area (Å²) in [6.45, 7) is 0. The summed E-state index contributed by atoms with van der Waals surface area (Å²) in [7, 11) is 0. The molecule has 1 aromatic heterocycles. The van der Waals surface area contributed by atoms with E-state index in [0.29, 0.717) is 0 Å². The number of hydrogen-bond donors (Lipinski definition) is 1. The normalized spacial score (nSPS) is 7.78. The standard InChI is InChI=1S/C4HN5/c5-1-3-7-4(2-6)9-8-3/h(H,7,8,9). The van der Waals surface area contributed by atoms with Crippen molar-refractivity contribution < 1.29 is 0 Å². The summed E-state index contributed by atoms with van der Waals surface area (Å²) in [5.74, 6) is 0.0538. The van der Waals surface area contributed by atoms with E-state index in [2.05, 4.69) is 15.2 Å². The molecule has 9 heavy (non-hydrogen) atoms. The van der Waals surface area contributed by atoms with E-state index in [1.54, 1.807) is 12.1 Å². The first-order valence-corrected chi connectivity index (χ1v) is 2.09. The van der Waals surface area contributed by atoms with Crippen LogP contribution in [-0.4, -0.2) is 15.2 Å². The van der Waals surface area contributed by atoms with Gasteiger partial charge in [-0.25, -0.2) is 5.10 Å². The van der Waals surface area contributed by atoms with Gasteiger partial charge >= 0.3 is 0 Å². The molecule has 1 heterocycles. The van der Waals surface area contributed by atoms with Crippen LogP contribution < -0.4 is 0 Å². The molecule has 0 radical (unpaired) electrons. The minimum atomic E-state index is -0.00782. The zero-order valence-electron chi connectivity index (χ0n) is 4.29. The molecule has 0 aromatic carbocycles. The fraction of sp³-hybridized carbons (Fsp3) is 0. The summed E-state index contributed by atoms with van der Waals surface area (Å²) in [6, 6.07) is 3.38. The number of rotatable bonds is 0. The Hall–Kier alpha value is -1.88. The number of nitrogens with zero attached hydrogens (tertiary/aromatic N) is 4. The lowest BCUT2D eigenvalue weighted by molar-refractivity contribution is 1.06. The molecule has 0 bridgehead atoms. The van der Waals surface area contributed by atoms with Gasteiger partial charge in [-0.05, 0) is 0 Å². The summed E-state index contributed by atoms with van der Waals surface area (Å²) in [6.07, 6.45) is 0. The quantitative estimate of drug-likeness (QED) is 0.500. The molecule has 0 aliphatic rings. The van der Waals surface area contributed by atoms with E-state index in [4.69, 9.17) is 10.5 Å². The van der Waals surface area contributed by atoms with E-state index in [9.17, 15) is 0 Å². The van der Waals surface area contributed by atoms with Gasteiger partial charge in [0.05, 0.1) is 0 Å². The van der Waals surface area contributed by atoms with Gasteiger partial charge in [0.2, 0.25) is 5.82 Å². The molecule has 1 aromatic rings. The van der Waals surface area contributed by atoms with Gasteiger partial charge in [0, 0.05) is 0 Å². The Balaban J connectivity index is 3.08. The number of aromatic amines is 1. The highest BCUT2D eigenvalue weighted by Gasteiger charge is 1.96. The van der Waals surface area contributed by atoms with Crippen LogP contribution in [-0.2, 0) is 0 Å². The largest absolute Gasteiger partial charge is 0.253 e. The van der Waals surface area contributed by atoms with Gasteiger partial charge in [-0.15, -0.1) is 5.10 Å². The number of H-pyrrole nitrogens is 1. The van der Waals surface area contributed by atoms with Crippen LogP contribution in [0, 0.1) is 22.7 Å². The van der Waals surface area contributed by atoms with E-state index < -0.39 is 0 Å². The predicted octanol–water partition coefficient (Wildman–Crippen LogP) is -0.452. The van der Waals surface area contributed by atoms with Crippen molar-refractivity contribution in [3.63, 3.8) is 0 Å². The number of nitrogens with one attached hydrogen (secondary N) is 1. The maximum atomic E-state index is 8.15. The Kier molecular flexibility index (Phi) is 1.13.